The minimum Gasteiger partial charge on any atom is -0.348 e. The third kappa shape index (κ3) is 5.23. The molecule has 7 nitrogen and oxygen atoms in total. The lowest BCUT2D eigenvalue weighted by Gasteiger charge is -2.16. The fraction of sp³-hybridized carbons (Fsp3) is 0.188. The number of fused-ring (bicyclic) bond motifs is 1. The maximum Gasteiger partial charge on any atom is 0.253 e. The molecule has 0 unspecified atom stereocenters. The summed E-state index contributed by atoms with van der Waals surface area (Å²) in [5.41, 5.74) is 10.5. The Balaban J connectivity index is 1.50. The van der Waals surface area contributed by atoms with Crippen molar-refractivity contribution in [2.75, 3.05) is 19.4 Å². The van der Waals surface area contributed by atoms with Crippen LogP contribution in [-0.2, 0) is 13.5 Å². The molecular formula is C32H30N6O. The molecule has 0 fully saturated rings. The van der Waals surface area contributed by atoms with Gasteiger partial charge in [-0.25, -0.2) is 9.97 Å². The molecule has 194 valence electrons. The predicted molar refractivity (Wildman–Crippen MR) is 155 cm³/mol. The molecule has 0 aliphatic rings. The Kier molecular flexibility index (Phi) is 6.86. The molecule has 0 saturated carbocycles. The first-order chi connectivity index (χ1) is 18.7. The minimum atomic E-state index is -0.0114. The number of anilines is 2. The standard InChI is InChI=1S/C32H30N6O/c1-20-15-25(23-7-6-8-24(17-23)31(39)37(3)4)16-21(2)27(20)18-29-30-28(13-14-38(30)5)35-32(36-29)34-26-11-9-22(19-33)10-12-26/h6-17H,18H2,1-5H3,(H,34,35,36). The fourth-order valence-electron chi connectivity index (χ4n) is 4.91. The summed E-state index contributed by atoms with van der Waals surface area (Å²) in [6.07, 6.45) is 2.65. The lowest BCUT2D eigenvalue weighted by molar-refractivity contribution is 0.0827. The van der Waals surface area contributed by atoms with Gasteiger partial charge in [0.1, 0.15) is 0 Å². The Labute approximate surface area is 228 Å². The van der Waals surface area contributed by atoms with Crippen LogP contribution in [0.4, 0.5) is 11.6 Å². The van der Waals surface area contributed by atoms with Gasteiger partial charge in [0.2, 0.25) is 5.95 Å². The number of rotatable bonds is 6. The highest BCUT2D eigenvalue weighted by Crippen LogP contribution is 2.30. The van der Waals surface area contributed by atoms with E-state index in [4.69, 9.17) is 15.2 Å². The molecule has 5 aromatic rings. The van der Waals surface area contributed by atoms with Crippen LogP contribution in [0.1, 0.15) is 38.3 Å². The van der Waals surface area contributed by atoms with E-state index in [1.165, 1.54) is 5.56 Å². The van der Waals surface area contributed by atoms with E-state index in [0.29, 0.717) is 23.5 Å². The zero-order chi connectivity index (χ0) is 27.7. The average Bonchev–Trinajstić information content (AvgIpc) is 3.31. The van der Waals surface area contributed by atoms with Crippen LogP contribution in [0.15, 0.2) is 72.9 Å². The Bertz CT molecular complexity index is 1720. The van der Waals surface area contributed by atoms with Crippen LogP contribution in [0, 0.1) is 25.2 Å². The van der Waals surface area contributed by atoms with Gasteiger partial charge >= 0.3 is 0 Å². The summed E-state index contributed by atoms with van der Waals surface area (Å²) in [7, 11) is 5.54. The van der Waals surface area contributed by atoms with E-state index >= 15 is 0 Å². The van der Waals surface area contributed by atoms with Crippen molar-refractivity contribution in [2.45, 2.75) is 20.3 Å². The highest BCUT2D eigenvalue weighted by atomic mass is 16.2. The van der Waals surface area contributed by atoms with Crippen molar-refractivity contribution in [3.05, 3.63) is 106 Å². The summed E-state index contributed by atoms with van der Waals surface area (Å²) in [6, 6.07) is 23.5. The van der Waals surface area contributed by atoms with Gasteiger partial charge in [0.05, 0.1) is 28.4 Å². The molecule has 1 N–H and O–H groups in total. The molecule has 7 heteroatoms. The second kappa shape index (κ2) is 10.4. The predicted octanol–water partition coefficient (Wildman–Crippen LogP) is 6.16. The molecule has 0 atom stereocenters. The van der Waals surface area contributed by atoms with Crippen molar-refractivity contribution in [1.82, 2.24) is 19.4 Å². The third-order valence-corrected chi connectivity index (χ3v) is 6.95. The maximum absolute atomic E-state index is 12.5. The topological polar surface area (TPSA) is 86.8 Å². The molecule has 5 rings (SSSR count). The number of carbonyl (C=O) groups is 1. The summed E-state index contributed by atoms with van der Waals surface area (Å²) in [5, 5.41) is 12.4. The smallest absolute Gasteiger partial charge is 0.253 e. The zero-order valence-electron chi connectivity index (χ0n) is 22.8. The van der Waals surface area contributed by atoms with E-state index in [0.717, 1.165) is 44.7 Å². The molecule has 3 aromatic carbocycles. The lowest BCUT2D eigenvalue weighted by Crippen LogP contribution is -2.21. The van der Waals surface area contributed by atoms with Crippen LogP contribution in [0.25, 0.3) is 22.2 Å². The van der Waals surface area contributed by atoms with Gasteiger partial charge in [-0.3, -0.25) is 4.79 Å². The van der Waals surface area contributed by atoms with E-state index in [9.17, 15) is 4.79 Å². The van der Waals surface area contributed by atoms with Crippen molar-refractivity contribution < 1.29 is 4.79 Å². The van der Waals surface area contributed by atoms with E-state index in [1.807, 2.05) is 55.7 Å². The van der Waals surface area contributed by atoms with Gasteiger partial charge in [-0.15, -0.1) is 0 Å². The van der Waals surface area contributed by atoms with Crippen LogP contribution < -0.4 is 5.32 Å². The fourth-order valence-corrected chi connectivity index (χ4v) is 4.91. The SMILES string of the molecule is Cc1cc(-c2cccc(C(=O)N(C)C)c2)cc(C)c1Cc1nc(Nc2ccc(C#N)cc2)nc2ccn(C)c12. The van der Waals surface area contributed by atoms with Crippen LogP contribution in [0.5, 0.6) is 0 Å². The third-order valence-electron chi connectivity index (χ3n) is 6.95. The Morgan fingerprint density at radius 3 is 2.36 bits per heavy atom. The number of nitrogens with zero attached hydrogens (tertiary/aromatic N) is 5. The van der Waals surface area contributed by atoms with Crippen molar-refractivity contribution in [3.8, 4) is 17.2 Å². The summed E-state index contributed by atoms with van der Waals surface area (Å²) < 4.78 is 2.06. The van der Waals surface area contributed by atoms with Gasteiger partial charge in [0.15, 0.2) is 0 Å². The number of carbonyl (C=O) groups excluding carboxylic acids is 1. The molecule has 2 heterocycles. The van der Waals surface area contributed by atoms with Crippen molar-refractivity contribution >= 4 is 28.6 Å². The monoisotopic (exact) mass is 514 g/mol. The summed E-state index contributed by atoms with van der Waals surface area (Å²) >= 11 is 0. The Morgan fingerprint density at radius 2 is 1.69 bits per heavy atom. The first-order valence-corrected chi connectivity index (χ1v) is 12.7. The van der Waals surface area contributed by atoms with Crippen LogP contribution in [-0.4, -0.2) is 39.4 Å². The molecule has 0 bridgehead atoms. The lowest BCUT2D eigenvalue weighted by atomic mass is 9.92. The van der Waals surface area contributed by atoms with E-state index in [-0.39, 0.29) is 5.91 Å². The highest BCUT2D eigenvalue weighted by molar-refractivity contribution is 5.95. The van der Waals surface area contributed by atoms with Gasteiger partial charge in [-0.1, -0.05) is 24.3 Å². The molecule has 0 aliphatic carbocycles. The first kappa shape index (κ1) is 25.7. The molecule has 0 radical (unpaired) electrons. The molecule has 39 heavy (non-hydrogen) atoms. The van der Waals surface area contributed by atoms with E-state index < -0.39 is 0 Å². The van der Waals surface area contributed by atoms with E-state index in [1.54, 1.807) is 31.1 Å². The summed E-state index contributed by atoms with van der Waals surface area (Å²) in [5.74, 6) is 0.505. The number of aromatic nitrogens is 3. The first-order valence-electron chi connectivity index (χ1n) is 12.7. The van der Waals surface area contributed by atoms with Gasteiger partial charge in [-0.2, -0.15) is 5.26 Å². The number of hydrogen-bond acceptors (Lipinski definition) is 5. The molecule has 0 aliphatic heterocycles. The number of aryl methyl sites for hydroxylation is 3. The summed E-state index contributed by atoms with van der Waals surface area (Å²) in [4.78, 5) is 23.7. The molecule has 0 spiro atoms. The number of hydrogen-bond donors (Lipinski definition) is 1. The summed E-state index contributed by atoms with van der Waals surface area (Å²) in [6.45, 7) is 4.25. The van der Waals surface area contributed by atoms with Gasteiger partial charge < -0.3 is 14.8 Å². The normalized spacial score (nSPS) is 10.9. The van der Waals surface area contributed by atoms with Crippen LogP contribution in [0.3, 0.4) is 0 Å². The number of nitriles is 1. The largest absolute Gasteiger partial charge is 0.348 e. The second-order valence-electron chi connectivity index (χ2n) is 10.0. The van der Waals surface area contributed by atoms with E-state index in [2.05, 4.69) is 41.9 Å². The molecule has 2 aromatic heterocycles. The maximum atomic E-state index is 12.5. The van der Waals surface area contributed by atoms with Gasteiger partial charge in [-0.05, 0) is 84.1 Å². The van der Waals surface area contributed by atoms with Crippen LogP contribution in [0.2, 0.25) is 0 Å². The van der Waals surface area contributed by atoms with Crippen molar-refractivity contribution in [1.29, 1.82) is 5.26 Å². The molecule has 1 amide bonds. The number of nitrogens with one attached hydrogen (secondary N) is 1. The van der Waals surface area contributed by atoms with Gasteiger partial charge in [0, 0.05) is 45.0 Å². The van der Waals surface area contributed by atoms with Crippen molar-refractivity contribution in [2.24, 2.45) is 7.05 Å². The molecule has 0 saturated heterocycles. The van der Waals surface area contributed by atoms with Gasteiger partial charge in [0.25, 0.3) is 5.91 Å². The number of amides is 1. The van der Waals surface area contributed by atoms with Crippen LogP contribution >= 0.6 is 0 Å². The highest BCUT2D eigenvalue weighted by Gasteiger charge is 2.16. The zero-order valence-corrected chi connectivity index (χ0v) is 22.8. The second-order valence-corrected chi connectivity index (χ2v) is 10.0. The Hall–Kier alpha value is -4.96. The molecular weight excluding hydrogens is 484 g/mol. The van der Waals surface area contributed by atoms with Crippen molar-refractivity contribution in [3.63, 3.8) is 0 Å². The quantitative estimate of drug-likeness (QED) is 0.293. The average molecular weight is 515 g/mol. The Morgan fingerprint density at radius 1 is 0.974 bits per heavy atom. The minimum absolute atomic E-state index is 0.0114. The number of benzene rings is 3.